The third-order valence-corrected chi connectivity index (χ3v) is 2.63. The van der Waals surface area contributed by atoms with E-state index in [4.69, 9.17) is 9.84 Å². The van der Waals surface area contributed by atoms with E-state index >= 15 is 0 Å². The highest BCUT2D eigenvalue weighted by Crippen LogP contribution is 2.06. The van der Waals surface area contributed by atoms with Gasteiger partial charge in [-0.2, -0.15) is 0 Å². The second-order valence-electron chi connectivity index (χ2n) is 4.28. The van der Waals surface area contributed by atoms with Gasteiger partial charge in [-0.05, 0) is 5.92 Å². The van der Waals surface area contributed by atoms with Crippen LogP contribution in [0.2, 0.25) is 0 Å². The Morgan fingerprint density at radius 3 is 2.45 bits per heavy atom. The molecule has 0 aromatic carbocycles. The van der Waals surface area contributed by atoms with Crippen molar-refractivity contribution in [3.63, 3.8) is 0 Å². The van der Waals surface area contributed by atoms with Crippen molar-refractivity contribution in [2.45, 2.75) is 19.8 Å². The molecule has 0 fully saturated rings. The van der Waals surface area contributed by atoms with Crippen molar-refractivity contribution in [3.05, 3.63) is 0 Å². The molecule has 1 unspecified atom stereocenters. The van der Waals surface area contributed by atoms with Crippen molar-refractivity contribution in [2.75, 3.05) is 33.4 Å². The third-order valence-electron chi connectivity index (χ3n) is 2.63. The van der Waals surface area contributed by atoms with Crippen molar-refractivity contribution in [3.8, 4) is 0 Å². The third kappa shape index (κ3) is 10.1. The Bertz CT molecular complexity index is 322. The number of hydrogen-bond donors (Lipinski definition) is 4. The molecule has 0 aromatic rings. The summed E-state index contributed by atoms with van der Waals surface area (Å²) < 4.78 is 4.76. The number of carbonyl (C=O) groups excluding carboxylic acids is 2. The van der Waals surface area contributed by atoms with Gasteiger partial charge in [-0.25, -0.2) is 4.79 Å². The molecule has 0 aliphatic carbocycles. The largest absolute Gasteiger partial charge is 0.481 e. The SMILES string of the molecule is CCC(CNC(=O)NCC(=O)NCCOC)CC(=O)O. The van der Waals surface area contributed by atoms with Crippen LogP contribution in [0.25, 0.3) is 0 Å². The van der Waals surface area contributed by atoms with Gasteiger partial charge in [0.1, 0.15) is 0 Å². The van der Waals surface area contributed by atoms with Crippen LogP contribution in [-0.4, -0.2) is 56.4 Å². The molecule has 0 spiro atoms. The lowest BCUT2D eigenvalue weighted by Gasteiger charge is -2.14. The minimum absolute atomic E-state index is 0.00822. The number of carbonyl (C=O) groups is 3. The number of carboxylic acid groups (broad SMARTS) is 1. The minimum Gasteiger partial charge on any atom is -0.481 e. The lowest BCUT2D eigenvalue weighted by molar-refractivity contribution is -0.138. The minimum atomic E-state index is -0.892. The smallest absolute Gasteiger partial charge is 0.315 e. The van der Waals surface area contributed by atoms with Gasteiger partial charge in [-0.1, -0.05) is 13.3 Å². The van der Waals surface area contributed by atoms with Gasteiger partial charge in [0.2, 0.25) is 5.91 Å². The van der Waals surface area contributed by atoms with Crippen LogP contribution in [0.1, 0.15) is 19.8 Å². The topological polar surface area (TPSA) is 117 Å². The van der Waals surface area contributed by atoms with Gasteiger partial charge in [-0.3, -0.25) is 9.59 Å². The lowest BCUT2D eigenvalue weighted by atomic mass is 10.0. The van der Waals surface area contributed by atoms with Crippen molar-refractivity contribution in [1.29, 1.82) is 0 Å². The van der Waals surface area contributed by atoms with Gasteiger partial charge in [0.05, 0.1) is 13.2 Å². The predicted molar refractivity (Wildman–Crippen MR) is 72.3 cm³/mol. The highest BCUT2D eigenvalue weighted by atomic mass is 16.5. The van der Waals surface area contributed by atoms with Crippen LogP contribution in [0.5, 0.6) is 0 Å². The zero-order chi connectivity index (χ0) is 15.4. The van der Waals surface area contributed by atoms with Crippen LogP contribution in [-0.2, 0) is 14.3 Å². The van der Waals surface area contributed by atoms with E-state index in [9.17, 15) is 14.4 Å². The molecule has 0 heterocycles. The van der Waals surface area contributed by atoms with Gasteiger partial charge in [0.25, 0.3) is 0 Å². The summed E-state index contributed by atoms with van der Waals surface area (Å²) in [5, 5.41) is 16.2. The Morgan fingerprint density at radius 2 is 1.90 bits per heavy atom. The molecule has 0 radical (unpaired) electrons. The van der Waals surface area contributed by atoms with Crippen LogP contribution in [0.4, 0.5) is 4.79 Å². The maximum atomic E-state index is 11.4. The number of amides is 3. The first kappa shape index (κ1) is 18.2. The first-order chi connectivity index (χ1) is 9.49. The van der Waals surface area contributed by atoms with E-state index < -0.39 is 12.0 Å². The number of aliphatic carboxylic acids is 1. The summed E-state index contributed by atoms with van der Waals surface area (Å²) in [5.41, 5.74) is 0. The molecule has 8 heteroatoms. The second-order valence-corrected chi connectivity index (χ2v) is 4.28. The Hall–Kier alpha value is -1.83. The second kappa shape index (κ2) is 11.0. The van der Waals surface area contributed by atoms with Crippen molar-refractivity contribution in [1.82, 2.24) is 16.0 Å². The van der Waals surface area contributed by atoms with Crippen LogP contribution in [0, 0.1) is 5.92 Å². The molecule has 20 heavy (non-hydrogen) atoms. The summed E-state index contributed by atoms with van der Waals surface area (Å²) in [6, 6.07) is -0.490. The standard InChI is InChI=1S/C12H23N3O5/c1-3-9(6-11(17)18)7-14-12(19)15-8-10(16)13-4-5-20-2/h9H,3-8H2,1-2H3,(H,13,16)(H,17,18)(H2,14,15,19). The van der Waals surface area contributed by atoms with Gasteiger partial charge in [0.15, 0.2) is 0 Å². The first-order valence-electron chi connectivity index (χ1n) is 6.48. The van der Waals surface area contributed by atoms with Gasteiger partial charge < -0.3 is 25.8 Å². The maximum Gasteiger partial charge on any atom is 0.315 e. The van der Waals surface area contributed by atoms with E-state index in [-0.39, 0.29) is 31.3 Å². The highest BCUT2D eigenvalue weighted by Gasteiger charge is 2.12. The van der Waals surface area contributed by atoms with Crippen LogP contribution in [0.15, 0.2) is 0 Å². The summed E-state index contributed by atoms with van der Waals surface area (Å²) in [7, 11) is 1.53. The zero-order valence-electron chi connectivity index (χ0n) is 11.9. The van der Waals surface area contributed by atoms with E-state index in [1.165, 1.54) is 7.11 Å². The first-order valence-corrected chi connectivity index (χ1v) is 6.48. The maximum absolute atomic E-state index is 11.4. The number of nitrogens with one attached hydrogen (secondary N) is 3. The highest BCUT2D eigenvalue weighted by molar-refractivity contribution is 5.83. The molecule has 0 bridgehead atoms. The number of carboxylic acids is 1. The summed E-state index contributed by atoms with van der Waals surface area (Å²) in [6.45, 7) is 2.78. The Morgan fingerprint density at radius 1 is 1.20 bits per heavy atom. The molecule has 8 nitrogen and oxygen atoms in total. The molecule has 116 valence electrons. The van der Waals surface area contributed by atoms with E-state index in [0.717, 1.165) is 0 Å². The van der Waals surface area contributed by atoms with E-state index in [0.29, 0.717) is 19.6 Å². The van der Waals surface area contributed by atoms with E-state index in [2.05, 4.69) is 16.0 Å². The molecule has 0 aliphatic heterocycles. The van der Waals surface area contributed by atoms with E-state index in [1.807, 2.05) is 6.92 Å². The Labute approximate surface area is 118 Å². The quantitative estimate of drug-likeness (QED) is 0.406. The molecule has 4 N–H and O–H groups in total. The molecule has 0 rings (SSSR count). The normalized spacial score (nSPS) is 11.5. The van der Waals surface area contributed by atoms with Crippen molar-refractivity contribution < 1.29 is 24.2 Å². The average molecular weight is 289 g/mol. The van der Waals surface area contributed by atoms with Crippen LogP contribution in [0.3, 0.4) is 0 Å². The predicted octanol–water partition coefficient (Wildman–Crippen LogP) is -0.451. The van der Waals surface area contributed by atoms with Crippen LogP contribution < -0.4 is 16.0 Å². The number of urea groups is 1. The summed E-state index contributed by atoms with van der Waals surface area (Å²) in [6.07, 6.45) is 0.665. The van der Waals surface area contributed by atoms with Crippen molar-refractivity contribution in [2.24, 2.45) is 5.92 Å². The fourth-order valence-electron chi connectivity index (χ4n) is 1.42. The molecular weight excluding hydrogens is 266 g/mol. The summed E-state index contributed by atoms with van der Waals surface area (Å²) in [4.78, 5) is 33.2. The Kier molecular flexibility index (Phi) is 10.0. The molecule has 0 saturated carbocycles. The number of methoxy groups -OCH3 is 1. The molecule has 3 amide bonds. The number of rotatable bonds is 10. The van der Waals surface area contributed by atoms with E-state index in [1.54, 1.807) is 0 Å². The van der Waals surface area contributed by atoms with Crippen molar-refractivity contribution >= 4 is 17.9 Å². The molecule has 0 saturated heterocycles. The molecule has 0 aromatic heterocycles. The number of hydrogen-bond acceptors (Lipinski definition) is 4. The van der Waals surface area contributed by atoms with Gasteiger partial charge in [-0.15, -0.1) is 0 Å². The lowest BCUT2D eigenvalue weighted by Crippen LogP contribution is -2.44. The molecular formula is C12H23N3O5. The molecule has 1 atom stereocenters. The zero-order valence-corrected chi connectivity index (χ0v) is 11.9. The summed E-state index contributed by atoms with van der Waals surface area (Å²) in [5.74, 6) is -1.32. The number of ether oxygens (including phenoxy) is 1. The van der Waals surface area contributed by atoms with Gasteiger partial charge >= 0.3 is 12.0 Å². The fraction of sp³-hybridized carbons (Fsp3) is 0.750. The van der Waals surface area contributed by atoms with Gasteiger partial charge in [0, 0.05) is 26.6 Å². The monoisotopic (exact) mass is 289 g/mol. The summed E-state index contributed by atoms with van der Waals surface area (Å²) >= 11 is 0. The Balaban J connectivity index is 3.76. The fourth-order valence-corrected chi connectivity index (χ4v) is 1.42. The van der Waals surface area contributed by atoms with Crippen LogP contribution >= 0.6 is 0 Å². The molecule has 0 aliphatic rings. The average Bonchev–Trinajstić information content (AvgIpc) is 2.41.